The lowest BCUT2D eigenvalue weighted by Gasteiger charge is -2.14. The van der Waals surface area contributed by atoms with Gasteiger partial charge in [0, 0.05) is 11.5 Å². The fraction of sp³-hybridized carbons (Fsp3) is 0.176. The second-order valence-electron chi connectivity index (χ2n) is 4.86. The average molecular weight is 377 g/mol. The quantitative estimate of drug-likeness (QED) is 0.859. The lowest BCUT2D eigenvalue weighted by atomic mass is 10.1. The highest BCUT2D eigenvalue weighted by Gasteiger charge is 2.16. The Morgan fingerprint density at radius 3 is 2.04 bits per heavy atom. The van der Waals surface area contributed by atoms with Crippen molar-refractivity contribution in [2.24, 2.45) is 0 Å². The number of amides is 3. The molecule has 0 radical (unpaired) electrons. The molecule has 0 heterocycles. The number of carbonyl (C=O) groups excluding carboxylic acids is 2. The number of hydrogen-bond donors (Lipinski definition) is 2. The van der Waals surface area contributed by atoms with Crippen LogP contribution in [0.5, 0.6) is 5.75 Å². The number of imide groups is 1. The summed E-state index contributed by atoms with van der Waals surface area (Å²) in [5, 5.41) is 4.49. The molecule has 23 heavy (non-hydrogen) atoms. The molecule has 0 aliphatic carbocycles. The highest BCUT2D eigenvalue weighted by atomic mass is 79.9. The Morgan fingerprint density at radius 2 is 1.52 bits per heavy atom. The lowest BCUT2D eigenvalue weighted by molar-refractivity contribution is -0.126. The SMILES string of the molecule is CNC(=O)NC(=O)[C@H](C)Oc1ccc(-c2ccc(Br)cc2)cc1. The molecule has 3 amide bonds. The van der Waals surface area contributed by atoms with Crippen LogP contribution in [0.1, 0.15) is 6.92 Å². The first-order valence-corrected chi connectivity index (χ1v) is 7.84. The van der Waals surface area contributed by atoms with Gasteiger partial charge in [0.2, 0.25) is 0 Å². The van der Waals surface area contributed by atoms with Crippen molar-refractivity contribution in [3.63, 3.8) is 0 Å². The van der Waals surface area contributed by atoms with Crippen molar-refractivity contribution in [1.82, 2.24) is 10.6 Å². The smallest absolute Gasteiger partial charge is 0.321 e. The predicted molar refractivity (Wildman–Crippen MR) is 92.3 cm³/mol. The van der Waals surface area contributed by atoms with Crippen molar-refractivity contribution in [1.29, 1.82) is 0 Å². The summed E-state index contributed by atoms with van der Waals surface area (Å²) in [6.45, 7) is 1.58. The molecule has 0 fully saturated rings. The fourth-order valence-electron chi connectivity index (χ4n) is 1.90. The van der Waals surface area contributed by atoms with Gasteiger partial charge in [-0.3, -0.25) is 10.1 Å². The van der Waals surface area contributed by atoms with E-state index in [1.807, 2.05) is 36.4 Å². The molecule has 0 bridgehead atoms. The number of hydrogen-bond acceptors (Lipinski definition) is 3. The standard InChI is InChI=1S/C17H17BrN2O3/c1-11(16(21)20-17(22)19-2)23-15-9-5-13(6-10-15)12-3-7-14(18)8-4-12/h3-11H,1-2H3,(H2,19,20,21,22)/t11-/m0/s1. The topological polar surface area (TPSA) is 67.4 Å². The van der Waals surface area contributed by atoms with Gasteiger partial charge in [-0.15, -0.1) is 0 Å². The number of halogens is 1. The molecule has 2 rings (SSSR count). The molecule has 0 aliphatic rings. The summed E-state index contributed by atoms with van der Waals surface area (Å²) in [7, 11) is 1.44. The summed E-state index contributed by atoms with van der Waals surface area (Å²) in [6, 6.07) is 14.8. The van der Waals surface area contributed by atoms with Gasteiger partial charge >= 0.3 is 6.03 Å². The Balaban J connectivity index is 2.01. The minimum atomic E-state index is -0.772. The van der Waals surface area contributed by atoms with Crippen molar-refractivity contribution in [2.45, 2.75) is 13.0 Å². The highest BCUT2D eigenvalue weighted by Crippen LogP contribution is 2.24. The van der Waals surface area contributed by atoms with Gasteiger partial charge in [-0.1, -0.05) is 40.2 Å². The molecule has 0 saturated heterocycles. The summed E-state index contributed by atoms with van der Waals surface area (Å²) in [5.41, 5.74) is 2.14. The fourth-order valence-corrected chi connectivity index (χ4v) is 2.17. The minimum absolute atomic E-state index is 0.499. The maximum Gasteiger partial charge on any atom is 0.321 e. The zero-order valence-corrected chi connectivity index (χ0v) is 14.4. The van der Waals surface area contributed by atoms with Crippen molar-refractivity contribution in [3.8, 4) is 16.9 Å². The molecule has 6 heteroatoms. The first-order valence-electron chi connectivity index (χ1n) is 7.05. The van der Waals surface area contributed by atoms with Gasteiger partial charge in [-0.05, 0) is 42.3 Å². The molecular formula is C17H17BrN2O3. The molecule has 2 aromatic rings. The van der Waals surface area contributed by atoms with E-state index in [9.17, 15) is 9.59 Å². The lowest BCUT2D eigenvalue weighted by Crippen LogP contribution is -2.43. The summed E-state index contributed by atoms with van der Waals surface area (Å²) >= 11 is 3.41. The number of urea groups is 1. The molecule has 2 aromatic carbocycles. The zero-order valence-electron chi connectivity index (χ0n) is 12.8. The Bertz CT molecular complexity index is 684. The predicted octanol–water partition coefficient (Wildman–Crippen LogP) is 3.34. The first kappa shape index (κ1) is 17.0. The third kappa shape index (κ3) is 4.82. The maximum absolute atomic E-state index is 11.7. The van der Waals surface area contributed by atoms with Crippen LogP contribution in [0.4, 0.5) is 4.79 Å². The number of ether oxygens (including phenoxy) is 1. The third-order valence-corrected chi connectivity index (χ3v) is 3.71. The van der Waals surface area contributed by atoms with Gasteiger partial charge in [-0.25, -0.2) is 4.79 Å². The van der Waals surface area contributed by atoms with E-state index in [1.165, 1.54) is 7.05 Å². The molecule has 1 atom stereocenters. The largest absolute Gasteiger partial charge is 0.481 e. The van der Waals surface area contributed by atoms with E-state index in [4.69, 9.17) is 4.74 Å². The van der Waals surface area contributed by atoms with Crippen LogP contribution < -0.4 is 15.4 Å². The Hall–Kier alpha value is -2.34. The minimum Gasteiger partial charge on any atom is -0.481 e. The van der Waals surface area contributed by atoms with E-state index in [0.29, 0.717) is 5.75 Å². The summed E-state index contributed by atoms with van der Waals surface area (Å²) in [4.78, 5) is 22.8. The number of rotatable bonds is 4. The molecule has 0 aromatic heterocycles. The number of carbonyl (C=O) groups is 2. The number of nitrogens with one attached hydrogen (secondary N) is 2. The average Bonchev–Trinajstić information content (AvgIpc) is 2.56. The van der Waals surface area contributed by atoms with Crippen LogP contribution in [0.15, 0.2) is 53.0 Å². The highest BCUT2D eigenvalue weighted by molar-refractivity contribution is 9.10. The van der Waals surface area contributed by atoms with Crippen LogP contribution in [0.3, 0.4) is 0 Å². The second kappa shape index (κ2) is 7.78. The van der Waals surface area contributed by atoms with Crippen LogP contribution in [0, 0.1) is 0 Å². The van der Waals surface area contributed by atoms with Crippen molar-refractivity contribution in [2.75, 3.05) is 7.05 Å². The third-order valence-electron chi connectivity index (χ3n) is 3.18. The summed E-state index contributed by atoms with van der Waals surface area (Å²) in [5.74, 6) is 0.0618. The molecule has 0 unspecified atom stereocenters. The van der Waals surface area contributed by atoms with E-state index >= 15 is 0 Å². The van der Waals surface area contributed by atoms with Crippen molar-refractivity contribution < 1.29 is 14.3 Å². The van der Waals surface area contributed by atoms with Gasteiger partial charge in [-0.2, -0.15) is 0 Å². The van der Waals surface area contributed by atoms with Gasteiger partial charge in [0.05, 0.1) is 0 Å². The first-order chi connectivity index (χ1) is 11.0. The summed E-state index contributed by atoms with van der Waals surface area (Å²) < 4.78 is 6.56. The van der Waals surface area contributed by atoms with Gasteiger partial charge in [0.1, 0.15) is 5.75 Å². The van der Waals surface area contributed by atoms with E-state index in [2.05, 4.69) is 26.6 Å². The van der Waals surface area contributed by atoms with E-state index < -0.39 is 18.0 Å². The van der Waals surface area contributed by atoms with Crippen LogP contribution in [0.2, 0.25) is 0 Å². The van der Waals surface area contributed by atoms with Gasteiger partial charge in [0.25, 0.3) is 5.91 Å². The van der Waals surface area contributed by atoms with Crippen molar-refractivity contribution >= 4 is 27.9 Å². The summed E-state index contributed by atoms with van der Waals surface area (Å²) in [6.07, 6.45) is -0.772. The molecule has 120 valence electrons. The monoisotopic (exact) mass is 376 g/mol. The molecule has 2 N–H and O–H groups in total. The normalized spacial score (nSPS) is 11.4. The van der Waals surface area contributed by atoms with Crippen LogP contribution in [-0.2, 0) is 4.79 Å². The Morgan fingerprint density at radius 1 is 1.00 bits per heavy atom. The van der Waals surface area contributed by atoms with Gasteiger partial charge in [0.15, 0.2) is 6.10 Å². The van der Waals surface area contributed by atoms with Crippen molar-refractivity contribution in [3.05, 3.63) is 53.0 Å². The number of benzene rings is 2. The zero-order chi connectivity index (χ0) is 16.8. The molecule has 5 nitrogen and oxygen atoms in total. The van der Waals surface area contributed by atoms with Crippen LogP contribution in [0.25, 0.3) is 11.1 Å². The molecule has 0 spiro atoms. The molecule has 0 aliphatic heterocycles. The Kier molecular flexibility index (Phi) is 5.76. The van der Waals surface area contributed by atoms with E-state index in [0.717, 1.165) is 15.6 Å². The molecule has 0 saturated carbocycles. The Labute approximate surface area is 143 Å². The van der Waals surface area contributed by atoms with Gasteiger partial charge < -0.3 is 10.1 Å². The van der Waals surface area contributed by atoms with Crippen LogP contribution in [-0.4, -0.2) is 25.1 Å². The molecular weight excluding hydrogens is 360 g/mol. The van der Waals surface area contributed by atoms with E-state index in [-0.39, 0.29) is 0 Å². The van der Waals surface area contributed by atoms with E-state index in [1.54, 1.807) is 19.1 Å². The van der Waals surface area contributed by atoms with Crippen LogP contribution >= 0.6 is 15.9 Å². The second-order valence-corrected chi connectivity index (χ2v) is 5.78. The maximum atomic E-state index is 11.7.